The number of aromatic amines is 1. The van der Waals surface area contributed by atoms with Crippen LogP contribution in [0, 0.1) is 11.3 Å². The first-order valence-electron chi connectivity index (χ1n) is 9.44. The second-order valence-corrected chi connectivity index (χ2v) is 8.81. The molecule has 1 N–H and O–H groups in total. The van der Waals surface area contributed by atoms with Gasteiger partial charge < -0.3 is 14.8 Å². The number of thioether (sulfide) groups is 1. The number of hydrogen-bond donors (Lipinski definition) is 1. The molecule has 2 atom stereocenters. The van der Waals surface area contributed by atoms with Crippen LogP contribution in [0.4, 0.5) is 11.6 Å². The second kappa shape index (κ2) is 6.41. The Morgan fingerprint density at radius 2 is 2.04 bits per heavy atom. The minimum Gasteiger partial charge on any atom is -0.356 e. The summed E-state index contributed by atoms with van der Waals surface area (Å²) in [6, 6.07) is 6.42. The van der Waals surface area contributed by atoms with Gasteiger partial charge in [-0.15, -0.1) is 11.8 Å². The normalized spacial score (nSPS) is 25.2. The number of nitrogens with zero attached hydrogens (tertiary/aromatic N) is 5. The van der Waals surface area contributed by atoms with E-state index in [9.17, 15) is 0 Å². The highest BCUT2D eigenvalue weighted by atomic mass is 32.2. The zero-order valence-corrected chi connectivity index (χ0v) is 16.5. The summed E-state index contributed by atoms with van der Waals surface area (Å²) in [7, 11) is 0. The van der Waals surface area contributed by atoms with Crippen LogP contribution < -0.4 is 9.80 Å². The van der Waals surface area contributed by atoms with E-state index < -0.39 is 0 Å². The third kappa shape index (κ3) is 2.84. The van der Waals surface area contributed by atoms with Gasteiger partial charge in [0.05, 0.1) is 5.39 Å². The quantitative estimate of drug-likeness (QED) is 0.703. The van der Waals surface area contributed by atoms with Gasteiger partial charge in [0.1, 0.15) is 23.6 Å². The number of nitrogens with one attached hydrogen (secondary N) is 1. The van der Waals surface area contributed by atoms with Crippen molar-refractivity contribution in [3.8, 4) is 0 Å². The maximum Gasteiger partial charge on any atom is 0.142 e. The van der Waals surface area contributed by atoms with E-state index in [0.29, 0.717) is 5.92 Å². The largest absolute Gasteiger partial charge is 0.356 e. The van der Waals surface area contributed by atoms with Crippen LogP contribution in [0.3, 0.4) is 0 Å². The van der Waals surface area contributed by atoms with Crippen LogP contribution in [0.1, 0.15) is 13.3 Å². The predicted molar refractivity (Wildman–Crippen MR) is 111 cm³/mol. The van der Waals surface area contributed by atoms with Gasteiger partial charge in [-0.1, -0.05) is 6.92 Å². The maximum atomic E-state index is 4.70. The van der Waals surface area contributed by atoms with Gasteiger partial charge in [0.2, 0.25) is 0 Å². The van der Waals surface area contributed by atoms with E-state index in [2.05, 4.69) is 56.1 Å². The molecule has 27 heavy (non-hydrogen) atoms. The number of pyridine rings is 1. The molecule has 7 heteroatoms. The fourth-order valence-electron chi connectivity index (χ4n) is 4.71. The summed E-state index contributed by atoms with van der Waals surface area (Å²) in [4.78, 5) is 23.0. The molecule has 0 aliphatic carbocycles. The molecule has 0 saturated carbocycles. The van der Waals surface area contributed by atoms with Crippen LogP contribution in [-0.4, -0.2) is 52.4 Å². The lowest BCUT2D eigenvalue weighted by Gasteiger charge is -2.42. The van der Waals surface area contributed by atoms with Crippen LogP contribution in [-0.2, 0) is 0 Å². The van der Waals surface area contributed by atoms with Crippen molar-refractivity contribution in [1.29, 1.82) is 0 Å². The molecule has 5 rings (SSSR count). The van der Waals surface area contributed by atoms with Gasteiger partial charge >= 0.3 is 0 Å². The van der Waals surface area contributed by atoms with E-state index in [-0.39, 0.29) is 5.41 Å². The van der Waals surface area contributed by atoms with E-state index in [0.717, 1.165) is 48.8 Å². The number of hydrogen-bond acceptors (Lipinski definition) is 6. The van der Waals surface area contributed by atoms with Gasteiger partial charge in [0.25, 0.3) is 0 Å². The summed E-state index contributed by atoms with van der Waals surface area (Å²) in [5.41, 5.74) is 1.16. The number of H-pyrrole nitrogens is 1. The molecule has 2 aliphatic heterocycles. The molecule has 2 fully saturated rings. The van der Waals surface area contributed by atoms with Crippen molar-refractivity contribution in [3.05, 3.63) is 36.9 Å². The molecular weight excluding hydrogens is 356 g/mol. The van der Waals surface area contributed by atoms with Crippen LogP contribution in [0.25, 0.3) is 11.0 Å². The molecule has 0 radical (unpaired) electrons. The topological polar surface area (TPSA) is 60.9 Å². The van der Waals surface area contributed by atoms with Crippen molar-refractivity contribution >= 4 is 34.4 Å². The summed E-state index contributed by atoms with van der Waals surface area (Å²) >= 11 is 1.74. The van der Waals surface area contributed by atoms with Gasteiger partial charge in [-0.25, -0.2) is 15.0 Å². The van der Waals surface area contributed by atoms with Gasteiger partial charge in [0.15, 0.2) is 0 Å². The monoisotopic (exact) mass is 380 g/mol. The third-order valence-corrected chi connectivity index (χ3v) is 6.90. The van der Waals surface area contributed by atoms with Crippen molar-refractivity contribution in [2.75, 3.05) is 42.2 Å². The van der Waals surface area contributed by atoms with E-state index in [4.69, 9.17) is 4.98 Å². The first-order chi connectivity index (χ1) is 13.2. The summed E-state index contributed by atoms with van der Waals surface area (Å²) in [6.45, 7) is 6.63. The Kier molecular flexibility index (Phi) is 4.00. The van der Waals surface area contributed by atoms with Crippen molar-refractivity contribution in [1.82, 2.24) is 19.9 Å². The second-order valence-electron chi connectivity index (χ2n) is 7.94. The smallest absolute Gasteiger partial charge is 0.142 e. The van der Waals surface area contributed by atoms with E-state index in [1.807, 2.05) is 12.4 Å². The minimum absolute atomic E-state index is 0.242. The average molecular weight is 381 g/mol. The van der Waals surface area contributed by atoms with Gasteiger partial charge in [0, 0.05) is 48.9 Å². The number of anilines is 2. The Labute approximate surface area is 163 Å². The highest BCUT2D eigenvalue weighted by molar-refractivity contribution is 7.98. The first kappa shape index (κ1) is 16.9. The molecule has 0 amide bonds. The fourth-order valence-corrected chi connectivity index (χ4v) is 5.07. The molecule has 0 aromatic carbocycles. The Hall–Kier alpha value is -2.28. The number of aromatic nitrogens is 4. The highest BCUT2D eigenvalue weighted by Crippen LogP contribution is 2.44. The zero-order chi connectivity index (χ0) is 18.4. The summed E-state index contributed by atoms with van der Waals surface area (Å²) in [6.07, 6.45) is 8.87. The highest BCUT2D eigenvalue weighted by Gasteiger charge is 2.47. The molecule has 0 unspecified atom stereocenters. The molecule has 6 nitrogen and oxygen atoms in total. The predicted octanol–water partition coefficient (Wildman–Crippen LogP) is 3.43. The summed E-state index contributed by atoms with van der Waals surface area (Å²) < 4.78 is 0. The van der Waals surface area contributed by atoms with E-state index in [1.165, 1.54) is 11.3 Å². The van der Waals surface area contributed by atoms with Crippen LogP contribution in [0.15, 0.2) is 41.8 Å². The Morgan fingerprint density at radius 1 is 1.15 bits per heavy atom. The van der Waals surface area contributed by atoms with Gasteiger partial charge in [-0.3, -0.25) is 0 Å². The molecule has 2 aliphatic rings. The zero-order valence-electron chi connectivity index (χ0n) is 15.7. The minimum atomic E-state index is 0.242. The number of rotatable bonds is 3. The summed E-state index contributed by atoms with van der Waals surface area (Å²) in [5.74, 6) is 2.85. The van der Waals surface area contributed by atoms with E-state index in [1.54, 1.807) is 18.1 Å². The molecule has 0 spiro atoms. The lowest BCUT2D eigenvalue weighted by Crippen LogP contribution is -2.47. The molecule has 5 heterocycles. The third-order valence-electron chi connectivity index (χ3n) is 6.19. The van der Waals surface area contributed by atoms with Crippen molar-refractivity contribution in [2.45, 2.75) is 18.2 Å². The molecule has 3 aromatic heterocycles. The van der Waals surface area contributed by atoms with Crippen molar-refractivity contribution in [3.63, 3.8) is 0 Å². The molecule has 3 aromatic rings. The Bertz CT molecular complexity index is 955. The Balaban J connectivity index is 1.39. The lowest BCUT2D eigenvalue weighted by atomic mass is 9.75. The van der Waals surface area contributed by atoms with Crippen LogP contribution >= 0.6 is 11.8 Å². The van der Waals surface area contributed by atoms with Crippen molar-refractivity contribution < 1.29 is 0 Å². The first-order valence-corrected chi connectivity index (χ1v) is 10.7. The maximum absolute atomic E-state index is 4.70. The standard InChI is InChI=1S/C20H24N6S/c1-20-11-25(19-16-5-7-21-18(16)23-13-24-19)8-6-14(20)10-26(12-20)17-4-3-15(27-2)9-22-17/h3-5,7,9,13-14H,6,8,10-12H2,1-2H3,(H,21,23,24)/t14-,20+/m1/s1. The lowest BCUT2D eigenvalue weighted by molar-refractivity contribution is 0.216. The molecule has 140 valence electrons. The van der Waals surface area contributed by atoms with Crippen molar-refractivity contribution in [2.24, 2.45) is 11.3 Å². The van der Waals surface area contributed by atoms with Gasteiger partial charge in [-0.05, 0) is 36.8 Å². The number of piperidine rings is 1. The SMILES string of the molecule is CSc1ccc(N2C[C@H]3CCN(c4ncnc5[nH]ccc45)C[C@@]3(C)C2)nc1. The Morgan fingerprint density at radius 3 is 2.85 bits per heavy atom. The van der Waals surface area contributed by atoms with Crippen LogP contribution in [0.2, 0.25) is 0 Å². The molecular formula is C20H24N6S. The fraction of sp³-hybridized carbons (Fsp3) is 0.450. The van der Waals surface area contributed by atoms with E-state index >= 15 is 0 Å². The van der Waals surface area contributed by atoms with Crippen LogP contribution in [0.5, 0.6) is 0 Å². The molecule has 2 saturated heterocycles. The summed E-state index contributed by atoms with van der Waals surface area (Å²) in [5, 5.41) is 1.11. The van der Waals surface area contributed by atoms with Gasteiger partial charge in [-0.2, -0.15) is 0 Å². The number of fused-ring (bicyclic) bond motifs is 2. The molecule has 0 bridgehead atoms. The average Bonchev–Trinajstić information content (AvgIpc) is 3.31.